The number of hydrogen-bond acceptors (Lipinski definition) is 5. The number of carbonyl (C=O) groups is 2. The van der Waals surface area contributed by atoms with E-state index < -0.39 is 11.9 Å². The molecule has 0 radical (unpaired) electrons. The number of esters is 2. The minimum Gasteiger partial charge on any atom is -0.508 e. The summed E-state index contributed by atoms with van der Waals surface area (Å²) in [4.78, 5) is 20.7. The molecule has 17 heavy (non-hydrogen) atoms. The largest absolute Gasteiger partial charge is 0.508 e. The summed E-state index contributed by atoms with van der Waals surface area (Å²) in [5, 5.41) is 8.86. The molecule has 0 aliphatic carbocycles. The van der Waals surface area contributed by atoms with Crippen LogP contribution in [-0.4, -0.2) is 31.3 Å². The normalized spacial score (nSPS) is 8.35. The summed E-state index contributed by atoms with van der Waals surface area (Å²) in [5.74, 6) is -0.655. The summed E-state index contributed by atoms with van der Waals surface area (Å²) >= 11 is 0. The van der Waals surface area contributed by atoms with Gasteiger partial charge in [-0.05, 0) is 24.3 Å². The third-order valence-electron chi connectivity index (χ3n) is 1.66. The Bertz CT molecular complexity index is 380. The first kappa shape index (κ1) is 14.7. The van der Waals surface area contributed by atoms with Crippen LogP contribution < -0.4 is 0 Å². The second-order valence-electron chi connectivity index (χ2n) is 2.77. The molecule has 92 valence electrons. The van der Waals surface area contributed by atoms with Crippen LogP contribution in [0.3, 0.4) is 0 Å². The lowest BCUT2D eigenvalue weighted by Gasteiger charge is -1.97. The predicted molar refractivity (Wildman–Crippen MR) is 61.7 cm³/mol. The average Bonchev–Trinajstić information content (AvgIpc) is 2.38. The molecule has 0 fully saturated rings. The Morgan fingerprint density at radius 1 is 1.18 bits per heavy atom. The first-order valence-corrected chi connectivity index (χ1v) is 4.62. The first-order chi connectivity index (χ1) is 8.04. The van der Waals surface area contributed by atoms with Crippen LogP contribution >= 0.6 is 0 Å². The van der Waals surface area contributed by atoms with Gasteiger partial charge in [-0.1, -0.05) is 6.58 Å². The zero-order valence-electron chi connectivity index (χ0n) is 9.67. The van der Waals surface area contributed by atoms with Gasteiger partial charge in [0.1, 0.15) is 5.75 Å². The van der Waals surface area contributed by atoms with E-state index >= 15 is 0 Å². The van der Waals surface area contributed by atoms with Gasteiger partial charge in [-0.3, -0.25) is 0 Å². The number of ether oxygens (including phenoxy) is 2. The van der Waals surface area contributed by atoms with Crippen LogP contribution in [0, 0.1) is 0 Å². The van der Waals surface area contributed by atoms with Crippen LogP contribution in [0.2, 0.25) is 0 Å². The second-order valence-corrected chi connectivity index (χ2v) is 2.77. The maximum Gasteiger partial charge on any atom is 0.337 e. The van der Waals surface area contributed by atoms with Crippen molar-refractivity contribution in [2.45, 2.75) is 0 Å². The Hall–Kier alpha value is -2.30. The van der Waals surface area contributed by atoms with Crippen LogP contribution in [0.1, 0.15) is 10.4 Å². The lowest BCUT2D eigenvalue weighted by atomic mass is 10.2. The molecule has 1 aromatic rings. The number of hydrogen-bond donors (Lipinski definition) is 1. The van der Waals surface area contributed by atoms with Crippen molar-refractivity contribution in [3.8, 4) is 5.75 Å². The van der Waals surface area contributed by atoms with E-state index in [9.17, 15) is 9.59 Å². The lowest BCUT2D eigenvalue weighted by molar-refractivity contribution is -0.134. The van der Waals surface area contributed by atoms with Gasteiger partial charge in [0.2, 0.25) is 0 Å². The predicted octanol–water partition coefficient (Wildman–Crippen LogP) is 1.52. The van der Waals surface area contributed by atoms with Crippen molar-refractivity contribution in [2.24, 2.45) is 0 Å². The number of phenols is 1. The van der Waals surface area contributed by atoms with Gasteiger partial charge in [0.05, 0.1) is 19.8 Å². The molecule has 0 spiro atoms. The highest BCUT2D eigenvalue weighted by molar-refractivity contribution is 5.89. The number of carbonyl (C=O) groups excluding carboxylic acids is 2. The minimum absolute atomic E-state index is 0.137. The van der Waals surface area contributed by atoms with E-state index in [4.69, 9.17) is 5.11 Å². The highest BCUT2D eigenvalue weighted by Gasteiger charge is 2.02. The van der Waals surface area contributed by atoms with Crippen LogP contribution in [0.15, 0.2) is 36.9 Å². The zero-order valence-corrected chi connectivity index (χ0v) is 9.67. The van der Waals surface area contributed by atoms with Crippen LogP contribution in [-0.2, 0) is 14.3 Å². The molecule has 0 bridgehead atoms. The summed E-state index contributed by atoms with van der Waals surface area (Å²) in [7, 11) is 2.62. The molecule has 0 aromatic heterocycles. The highest BCUT2D eigenvalue weighted by Crippen LogP contribution is 2.09. The molecule has 1 aromatic carbocycles. The maximum absolute atomic E-state index is 10.8. The smallest absolute Gasteiger partial charge is 0.337 e. The fourth-order valence-electron chi connectivity index (χ4n) is 0.799. The van der Waals surface area contributed by atoms with E-state index in [1.165, 1.54) is 38.5 Å². The Morgan fingerprint density at radius 3 is 2.00 bits per heavy atom. The zero-order chi connectivity index (χ0) is 13.3. The van der Waals surface area contributed by atoms with Crippen LogP contribution in [0.25, 0.3) is 0 Å². The van der Waals surface area contributed by atoms with Crippen LogP contribution in [0.5, 0.6) is 5.75 Å². The Balaban J connectivity index is 0.000000366. The molecular weight excluding hydrogens is 224 g/mol. The lowest BCUT2D eigenvalue weighted by Crippen LogP contribution is -1.99. The molecule has 0 atom stereocenters. The number of rotatable bonds is 2. The van der Waals surface area contributed by atoms with Gasteiger partial charge in [0, 0.05) is 6.08 Å². The van der Waals surface area contributed by atoms with E-state index in [-0.39, 0.29) is 5.75 Å². The van der Waals surface area contributed by atoms with Crippen molar-refractivity contribution in [1.82, 2.24) is 0 Å². The fraction of sp³-hybridized carbons (Fsp3) is 0.167. The Morgan fingerprint density at radius 2 is 1.71 bits per heavy atom. The van der Waals surface area contributed by atoms with Gasteiger partial charge in [-0.2, -0.15) is 0 Å². The molecule has 0 saturated carbocycles. The highest BCUT2D eigenvalue weighted by atomic mass is 16.5. The summed E-state index contributed by atoms with van der Waals surface area (Å²) < 4.78 is 8.60. The van der Waals surface area contributed by atoms with Gasteiger partial charge in [-0.15, -0.1) is 0 Å². The third-order valence-corrected chi connectivity index (χ3v) is 1.66. The van der Waals surface area contributed by atoms with Crippen molar-refractivity contribution in [3.05, 3.63) is 42.5 Å². The van der Waals surface area contributed by atoms with Gasteiger partial charge in [0.25, 0.3) is 0 Å². The number of benzene rings is 1. The van der Waals surface area contributed by atoms with Gasteiger partial charge in [-0.25, -0.2) is 9.59 Å². The molecule has 0 unspecified atom stereocenters. The van der Waals surface area contributed by atoms with Crippen molar-refractivity contribution in [1.29, 1.82) is 0 Å². The van der Waals surface area contributed by atoms with E-state index in [0.717, 1.165) is 6.08 Å². The molecule has 1 rings (SSSR count). The summed E-state index contributed by atoms with van der Waals surface area (Å²) in [6.07, 6.45) is 1.11. The summed E-state index contributed by atoms with van der Waals surface area (Å²) in [6, 6.07) is 5.88. The molecule has 0 saturated heterocycles. The molecule has 0 aliphatic heterocycles. The standard InChI is InChI=1S/C8H8O3.C4H6O2/c1-11-8(10)6-2-4-7(9)5-3-6;1-3-4(5)6-2/h2-5,9H,1H3;3H,1H2,2H3. The van der Waals surface area contributed by atoms with Crippen molar-refractivity contribution in [3.63, 3.8) is 0 Å². The van der Waals surface area contributed by atoms with Gasteiger partial charge in [0.15, 0.2) is 0 Å². The SMILES string of the molecule is C=CC(=O)OC.COC(=O)c1ccc(O)cc1. The monoisotopic (exact) mass is 238 g/mol. The first-order valence-electron chi connectivity index (χ1n) is 4.62. The minimum atomic E-state index is -0.398. The topological polar surface area (TPSA) is 72.8 Å². The molecule has 0 aliphatic rings. The molecular formula is C12H14O5. The summed E-state index contributed by atoms with van der Waals surface area (Å²) in [5.41, 5.74) is 0.435. The van der Waals surface area contributed by atoms with E-state index in [1.54, 1.807) is 0 Å². The van der Waals surface area contributed by atoms with Gasteiger partial charge >= 0.3 is 11.9 Å². The Labute approximate surface area is 99.3 Å². The molecule has 5 heteroatoms. The third kappa shape index (κ3) is 5.99. The molecule has 1 N–H and O–H groups in total. The number of aromatic hydroxyl groups is 1. The van der Waals surface area contributed by atoms with Crippen molar-refractivity contribution in [2.75, 3.05) is 14.2 Å². The van der Waals surface area contributed by atoms with E-state index in [2.05, 4.69) is 16.1 Å². The van der Waals surface area contributed by atoms with E-state index in [0.29, 0.717) is 5.56 Å². The van der Waals surface area contributed by atoms with E-state index in [1.807, 2.05) is 0 Å². The molecule has 5 nitrogen and oxygen atoms in total. The maximum atomic E-state index is 10.8. The quantitative estimate of drug-likeness (QED) is 0.624. The summed E-state index contributed by atoms with van der Waals surface area (Å²) in [6.45, 7) is 3.16. The average molecular weight is 238 g/mol. The number of phenolic OH excluding ortho intramolecular Hbond substituents is 1. The van der Waals surface area contributed by atoms with Crippen LogP contribution in [0.4, 0.5) is 0 Å². The van der Waals surface area contributed by atoms with Crippen molar-refractivity contribution >= 4 is 11.9 Å². The Kier molecular flexibility index (Phi) is 6.85. The fourth-order valence-corrected chi connectivity index (χ4v) is 0.799. The number of methoxy groups -OCH3 is 2. The van der Waals surface area contributed by atoms with Crippen molar-refractivity contribution < 1.29 is 24.2 Å². The van der Waals surface area contributed by atoms with Gasteiger partial charge < -0.3 is 14.6 Å². The second kappa shape index (κ2) is 7.92. The molecule has 0 amide bonds. The molecule has 0 heterocycles.